The van der Waals surface area contributed by atoms with Gasteiger partial charge in [0.05, 0.1) is 0 Å². The topological polar surface area (TPSA) is 55.1 Å². The Morgan fingerprint density at radius 1 is 1.44 bits per heavy atom. The summed E-state index contributed by atoms with van der Waals surface area (Å²) in [7, 11) is 0. The van der Waals surface area contributed by atoms with Crippen LogP contribution in [-0.2, 0) is 4.79 Å². The van der Waals surface area contributed by atoms with Crippen molar-refractivity contribution in [1.82, 2.24) is 5.43 Å². The molecule has 0 heterocycles. The quantitative estimate of drug-likeness (QED) is 0.367. The first-order valence-electron chi connectivity index (χ1n) is 4.98. The van der Waals surface area contributed by atoms with Gasteiger partial charge in [-0.05, 0) is 12.1 Å². The molecule has 0 saturated carbocycles. The molecule has 88 valence electrons. The van der Waals surface area contributed by atoms with Crippen LogP contribution in [0.25, 0.3) is 0 Å². The number of carbonyl (C=O) groups excluding carboxylic acids is 1. The van der Waals surface area contributed by atoms with E-state index in [9.17, 15) is 9.18 Å². The molecule has 2 unspecified atom stereocenters. The van der Waals surface area contributed by atoms with Crippen molar-refractivity contribution in [3.05, 3.63) is 30.1 Å². The van der Waals surface area contributed by atoms with Crippen molar-refractivity contribution in [3.63, 3.8) is 0 Å². The van der Waals surface area contributed by atoms with E-state index in [2.05, 4.69) is 5.43 Å². The van der Waals surface area contributed by atoms with E-state index >= 15 is 0 Å². The van der Waals surface area contributed by atoms with Gasteiger partial charge >= 0.3 is 0 Å². The molecule has 5 heteroatoms. The number of halogens is 1. The summed E-state index contributed by atoms with van der Waals surface area (Å²) in [6.45, 7) is 3.64. The van der Waals surface area contributed by atoms with Gasteiger partial charge in [-0.3, -0.25) is 10.2 Å². The lowest BCUT2D eigenvalue weighted by Crippen LogP contribution is -2.38. The highest BCUT2D eigenvalue weighted by Gasteiger charge is 2.21. The molecule has 3 nitrogen and oxygen atoms in total. The van der Waals surface area contributed by atoms with Crippen LogP contribution in [-0.4, -0.2) is 11.2 Å². The molecule has 0 aliphatic carbocycles. The van der Waals surface area contributed by atoms with Crippen molar-refractivity contribution >= 4 is 17.7 Å². The summed E-state index contributed by atoms with van der Waals surface area (Å²) in [6, 6.07) is 6.51. The molecule has 1 amide bonds. The van der Waals surface area contributed by atoms with Crippen LogP contribution in [0.5, 0.6) is 0 Å². The fourth-order valence-electron chi connectivity index (χ4n) is 1.19. The molecular formula is C11H15FN2OS. The first-order valence-corrected chi connectivity index (χ1v) is 5.86. The molecule has 0 bridgehead atoms. The molecule has 1 rings (SSSR count). The van der Waals surface area contributed by atoms with E-state index in [4.69, 9.17) is 5.84 Å². The number of benzene rings is 1. The van der Waals surface area contributed by atoms with E-state index in [1.54, 1.807) is 25.1 Å². The van der Waals surface area contributed by atoms with Crippen LogP contribution in [0.2, 0.25) is 0 Å². The van der Waals surface area contributed by atoms with Crippen LogP contribution < -0.4 is 11.3 Å². The van der Waals surface area contributed by atoms with Gasteiger partial charge in [0.1, 0.15) is 5.82 Å². The number of carbonyl (C=O) groups is 1. The smallest absolute Gasteiger partial charge is 0.237 e. The SMILES string of the molecule is CC(Sc1ccccc1F)C(C)C(=O)NN. The van der Waals surface area contributed by atoms with E-state index in [0.29, 0.717) is 4.90 Å². The Morgan fingerprint density at radius 3 is 2.62 bits per heavy atom. The summed E-state index contributed by atoms with van der Waals surface area (Å²) in [5, 5.41) is -0.0413. The Morgan fingerprint density at radius 2 is 2.06 bits per heavy atom. The van der Waals surface area contributed by atoms with Gasteiger partial charge in [0.2, 0.25) is 5.91 Å². The van der Waals surface area contributed by atoms with Gasteiger partial charge in [-0.2, -0.15) is 0 Å². The molecule has 0 radical (unpaired) electrons. The predicted molar refractivity (Wildman–Crippen MR) is 63.2 cm³/mol. The second-order valence-electron chi connectivity index (χ2n) is 3.55. The number of nitrogens with two attached hydrogens (primary N) is 1. The zero-order valence-electron chi connectivity index (χ0n) is 9.24. The van der Waals surface area contributed by atoms with Crippen LogP contribution >= 0.6 is 11.8 Å². The molecule has 16 heavy (non-hydrogen) atoms. The maximum absolute atomic E-state index is 13.4. The lowest BCUT2D eigenvalue weighted by Gasteiger charge is -2.17. The molecule has 1 aromatic rings. The average Bonchev–Trinajstić information content (AvgIpc) is 2.30. The first kappa shape index (κ1) is 13.0. The molecule has 1 aromatic carbocycles. The summed E-state index contributed by atoms with van der Waals surface area (Å²) in [4.78, 5) is 11.8. The Bertz CT molecular complexity index is 373. The Balaban J connectivity index is 2.68. The number of hydrogen-bond donors (Lipinski definition) is 2. The van der Waals surface area contributed by atoms with Gasteiger partial charge in [-0.15, -0.1) is 11.8 Å². The van der Waals surface area contributed by atoms with Crippen molar-refractivity contribution in [2.45, 2.75) is 24.0 Å². The second-order valence-corrected chi connectivity index (χ2v) is 4.97. The lowest BCUT2D eigenvalue weighted by molar-refractivity contribution is -0.124. The molecule has 0 aliphatic rings. The van der Waals surface area contributed by atoms with Crippen LogP contribution in [0.4, 0.5) is 4.39 Å². The van der Waals surface area contributed by atoms with Crippen molar-refractivity contribution in [3.8, 4) is 0 Å². The lowest BCUT2D eigenvalue weighted by atomic mass is 10.1. The van der Waals surface area contributed by atoms with Crippen LogP contribution in [0, 0.1) is 11.7 Å². The van der Waals surface area contributed by atoms with Crippen molar-refractivity contribution < 1.29 is 9.18 Å². The minimum absolute atomic E-state index is 0.0413. The summed E-state index contributed by atoms with van der Waals surface area (Å²) in [6.07, 6.45) is 0. The highest BCUT2D eigenvalue weighted by atomic mass is 32.2. The summed E-state index contributed by atoms with van der Waals surface area (Å²) >= 11 is 1.33. The second kappa shape index (κ2) is 5.86. The largest absolute Gasteiger partial charge is 0.294 e. The molecule has 0 aliphatic heterocycles. The van der Waals surface area contributed by atoms with Gasteiger partial charge in [-0.25, -0.2) is 10.2 Å². The van der Waals surface area contributed by atoms with E-state index in [1.165, 1.54) is 17.8 Å². The van der Waals surface area contributed by atoms with E-state index in [0.717, 1.165) is 0 Å². The molecule has 0 saturated heterocycles. The molecule has 0 fully saturated rings. The Hall–Kier alpha value is -1.07. The standard InChI is InChI=1S/C11H15FN2OS/c1-7(11(15)14-13)8(2)16-10-6-4-3-5-9(10)12/h3-8H,13H2,1-2H3,(H,14,15). The maximum Gasteiger partial charge on any atom is 0.237 e. The van der Waals surface area contributed by atoms with Gasteiger partial charge in [-0.1, -0.05) is 26.0 Å². The van der Waals surface area contributed by atoms with Gasteiger partial charge < -0.3 is 0 Å². The summed E-state index contributed by atoms with van der Waals surface area (Å²) in [5.74, 6) is 4.28. The van der Waals surface area contributed by atoms with Crippen molar-refractivity contribution in [2.24, 2.45) is 11.8 Å². The number of nitrogens with one attached hydrogen (secondary N) is 1. The van der Waals surface area contributed by atoms with Gasteiger partial charge in [0.15, 0.2) is 0 Å². The number of thioether (sulfide) groups is 1. The number of hydrazine groups is 1. The molecule has 2 atom stereocenters. The number of hydrogen-bond acceptors (Lipinski definition) is 3. The zero-order valence-corrected chi connectivity index (χ0v) is 10.1. The Kier molecular flexibility index (Phi) is 4.76. The van der Waals surface area contributed by atoms with Crippen LogP contribution in [0.15, 0.2) is 29.2 Å². The summed E-state index contributed by atoms with van der Waals surface area (Å²) < 4.78 is 13.4. The number of rotatable bonds is 4. The Labute approximate surface area is 98.6 Å². The zero-order chi connectivity index (χ0) is 12.1. The maximum atomic E-state index is 13.4. The fraction of sp³-hybridized carbons (Fsp3) is 0.364. The monoisotopic (exact) mass is 242 g/mol. The minimum Gasteiger partial charge on any atom is -0.294 e. The van der Waals surface area contributed by atoms with Gasteiger partial charge in [0, 0.05) is 16.1 Å². The highest BCUT2D eigenvalue weighted by molar-refractivity contribution is 8.00. The third-order valence-electron chi connectivity index (χ3n) is 2.41. The molecular weight excluding hydrogens is 227 g/mol. The van der Waals surface area contributed by atoms with Crippen molar-refractivity contribution in [1.29, 1.82) is 0 Å². The average molecular weight is 242 g/mol. The minimum atomic E-state index is -0.269. The molecule has 3 N–H and O–H groups in total. The number of amides is 1. The van der Waals surface area contributed by atoms with E-state index in [1.807, 2.05) is 6.92 Å². The third-order valence-corrected chi connectivity index (χ3v) is 3.77. The van der Waals surface area contributed by atoms with Gasteiger partial charge in [0.25, 0.3) is 0 Å². The van der Waals surface area contributed by atoms with E-state index in [-0.39, 0.29) is 22.9 Å². The predicted octanol–water partition coefficient (Wildman–Crippen LogP) is 1.93. The highest BCUT2D eigenvalue weighted by Crippen LogP contribution is 2.29. The molecule has 0 aromatic heterocycles. The van der Waals surface area contributed by atoms with Crippen LogP contribution in [0.1, 0.15) is 13.8 Å². The normalized spacial score (nSPS) is 14.2. The fourth-order valence-corrected chi connectivity index (χ4v) is 2.25. The van der Waals surface area contributed by atoms with Crippen LogP contribution in [0.3, 0.4) is 0 Å². The first-order chi connectivity index (χ1) is 7.56. The summed E-state index contributed by atoms with van der Waals surface area (Å²) in [5.41, 5.74) is 2.10. The molecule has 0 spiro atoms. The van der Waals surface area contributed by atoms with E-state index < -0.39 is 0 Å². The third kappa shape index (κ3) is 3.21. The van der Waals surface area contributed by atoms with Crippen molar-refractivity contribution in [2.75, 3.05) is 0 Å².